The van der Waals surface area contributed by atoms with E-state index >= 15 is 0 Å². The van der Waals surface area contributed by atoms with Gasteiger partial charge in [0, 0.05) is 5.38 Å². The van der Waals surface area contributed by atoms with Crippen LogP contribution in [0.2, 0.25) is 0 Å². The molecule has 2 rings (SSSR count). The third-order valence-electron chi connectivity index (χ3n) is 2.68. The van der Waals surface area contributed by atoms with Crippen LogP contribution in [-0.2, 0) is 25.8 Å². The maximum Gasteiger partial charge on any atom is 0.363 e. The van der Waals surface area contributed by atoms with Crippen LogP contribution in [0.4, 0.5) is 5.82 Å². The molecular formula is C15H14ClN3O4S. The Labute approximate surface area is 147 Å². The third kappa shape index (κ3) is 5.04. The minimum Gasteiger partial charge on any atom is -0.456 e. The Bertz CT molecular complexity index is 733. The molecule has 0 unspecified atom stereocenters. The summed E-state index contributed by atoms with van der Waals surface area (Å²) < 4.78 is 5.22. The molecule has 7 nitrogen and oxygen atoms in total. The zero-order valence-corrected chi connectivity index (χ0v) is 14.3. The molecule has 1 amide bonds. The summed E-state index contributed by atoms with van der Waals surface area (Å²) in [6, 6.07) is 9.24. The van der Waals surface area contributed by atoms with E-state index in [1.54, 1.807) is 5.38 Å². The van der Waals surface area contributed by atoms with Gasteiger partial charge in [-0.3, -0.25) is 4.79 Å². The Balaban J connectivity index is 2.07. The van der Waals surface area contributed by atoms with Crippen molar-refractivity contribution in [2.75, 3.05) is 18.3 Å². The van der Waals surface area contributed by atoms with E-state index in [1.807, 2.05) is 30.3 Å². The Morgan fingerprint density at radius 3 is 2.75 bits per heavy atom. The van der Waals surface area contributed by atoms with Gasteiger partial charge >= 0.3 is 5.97 Å². The van der Waals surface area contributed by atoms with E-state index < -0.39 is 11.9 Å². The largest absolute Gasteiger partial charge is 0.456 e. The molecule has 0 bridgehead atoms. The van der Waals surface area contributed by atoms with Crippen molar-refractivity contribution in [1.82, 2.24) is 4.98 Å². The van der Waals surface area contributed by atoms with Gasteiger partial charge in [-0.2, -0.15) is 0 Å². The summed E-state index contributed by atoms with van der Waals surface area (Å²) in [7, 11) is 1.31. The number of thiazole rings is 1. The summed E-state index contributed by atoms with van der Waals surface area (Å²) in [5.41, 5.74) is 0.765. The molecule has 1 N–H and O–H groups in total. The Morgan fingerprint density at radius 2 is 2.08 bits per heavy atom. The number of nitrogens with zero attached hydrogens (tertiary/aromatic N) is 2. The maximum atomic E-state index is 12.2. The SMILES string of the molecule is CON=C(C(=O)OCc1ccccc1)c1nc(NC(=O)CCl)cs1. The van der Waals surface area contributed by atoms with Gasteiger partial charge in [-0.1, -0.05) is 35.5 Å². The first-order valence-electron chi connectivity index (χ1n) is 6.78. The number of nitrogens with one attached hydrogen (secondary N) is 1. The van der Waals surface area contributed by atoms with Gasteiger partial charge in [0.05, 0.1) is 0 Å². The number of halogens is 1. The molecule has 2 aromatic rings. The van der Waals surface area contributed by atoms with Crippen LogP contribution >= 0.6 is 22.9 Å². The number of anilines is 1. The molecule has 0 atom stereocenters. The third-order valence-corrected chi connectivity index (χ3v) is 3.78. The first-order chi connectivity index (χ1) is 11.6. The van der Waals surface area contributed by atoms with Crippen molar-refractivity contribution in [3.8, 4) is 0 Å². The monoisotopic (exact) mass is 367 g/mol. The number of aromatic nitrogens is 1. The molecule has 24 heavy (non-hydrogen) atoms. The highest BCUT2D eigenvalue weighted by Gasteiger charge is 2.21. The van der Waals surface area contributed by atoms with Crippen LogP contribution in [0, 0.1) is 0 Å². The minimum atomic E-state index is -0.676. The van der Waals surface area contributed by atoms with Crippen LogP contribution in [0.1, 0.15) is 10.6 Å². The van der Waals surface area contributed by atoms with E-state index in [4.69, 9.17) is 16.3 Å². The summed E-state index contributed by atoms with van der Waals surface area (Å²) in [4.78, 5) is 32.3. The lowest BCUT2D eigenvalue weighted by Crippen LogP contribution is -2.19. The zero-order chi connectivity index (χ0) is 17.4. The lowest BCUT2D eigenvalue weighted by molar-refractivity contribution is -0.136. The van der Waals surface area contributed by atoms with Gasteiger partial charge in [0.25, 0.3) is 0 Å². The number of esters is 1. The first kappa shape index (κ1) is 17.9. The van der Waals surface area contributed by atoms with Crippen LogP contribution in [0.25, 0.3) is 0 Å². The number of alkyl halides is 1. The van der Waals surface area contributed by atoms with Gasteiger partial charge in [-0.05, 0) is 5.56 Å². The normalized spacial score (nSPS) is 11.0. The number of oxime groups is 1. The second-order valence-electron chi connectivity index (χ2n) is 4.40. The van der Waals surface area contributed by atoms with E-state index in [0.29, 0.717) is 0 Å². The predicted octanol–water partition coefficient (Wildman–Crippen LogP) is 2.41. The summed E-state index contributed by atoms with van der Waals surface area (Å²) in [5.74, 6) is -0.985. The van der Waals surface area contributed by atoms with E-state index in [9.17, 15) is 9.59 Å². The molecule has 0 spiro atoms. The number of carbonyl (C=O) groups excluding carboxylic acids is 2. The highest BCUT2D eigenvalue weighted by atomic mass is 35.5. The summed E-state index contributed by atoms with van der Waals surface area (Å²) in [5, 5.41) is 7.99. The fourth-order valence-corrected chi connectivity index (χ4v) is 2.45. The van der Waals surface area contributed by atoms with Crippen molar-refractivity contribution >= 4 is 46.3 Å². The van der Waals surface area contributed by atoms with Crippen molar-refractivity contribution < 1.29 is 19.2 Å². The lowest BCUT2D eigenvalue weighted by atomic mass is 10.2. The van der Waals surface area contributed by atoms with Crippen molar-refractivity contribution in [1.29, 1.82) is 0 Å². The summed E-state index contributed by atoms with van der Waals surface area (Å²) >= 11 is 6.54. The summed E-state index contributed by atoms with van der Waals surface area (Å²) in [6.07, 6.45) is 0. The molecule has 0 aliphatic carbocycles. The average Bonchev–Trinajstić information content (AvgIpc) is 3.06. The average molecular weight is 368 g/mol. The summed E-state index contributed by atoms with van der Waals surface area (Å²) in [6.45, 7) is 0.101. The quantitative estimate of drug-likeness (QED) is 0.351. The molecule has 1 aromatic carbocycles. The number of carbonyl (C=O) groups is 2. The number of benzene rings is 1. The number of hydrogen-bond donors (Lipinski definition) is 1. The molecular weight excluding hydrogens is 354 g/mol. The van der Waals surface area contributed by atoms with Crippen LogP contribution in [0.3, 0.4) is 0 Å². The lowest BCUT2D eigenvalue weighted by Gasteiger charge is -2.05. The molecule has 0 radical (unpaired) electrons. The molecule has 1 heterocycles. The molecule has 0 saturated carbocycles. The smallest absolute Gasteiger partial charge is 0.363 e. The van der Waals surface area contributed by atoms with E-state index in [0.717, 1.165) is 16.9 Å². The van der Waals surface area contributed by atoms with Crippen molar-refractivity contribution in [2.24, 2.45) is 5.16 Å². The molecule has 9 heteroatoms. The molecule has 126 valence electrons. The predicted molar refractivity (Wildman–Crippen MR) is 91.2 cm³/mol. The fraction of sp³-hybridized carbons (Fsp3) is 0.200. The van der Waals surface area contributed by atoms with Crippen molar-refractivity contribution in [3.63, 3.8) is 0 Å². The van der Waals surface area contributed by atoms with Crippen LogP contribution in [0.15, 0.2) is 40.9 Å². The van der Waals surface area contributed by atoms with Gasteiger partial charge in [0.2, 0.25) is 11.6 Å². The van der Waals surface area contributed by atoms with Crippen LogP contribution in [-0.4, -0.2) is 35.6 Å². The van der Waals surface area contributed by atoms with E-state index in [2.05, 4.69) is 20.3 Å². The first-order valence-corrected chi connectivity index (χ1v) is 8.19. The van der Waals surface area contributed by atoms with Gasteiger partial charge < -0.3 is 14.9 Å². The second-order valence-corrected chi connectivity index (χ2v) is 5.53. The number of ether oxygens (including phenoxy) is 1. The van der Waals surface area contributed by atoms with Crippen molar-refractivity contribution in [2.45, 2.75) is 6.61 Å². The maximum absolute atomic E-state index is 12.2. The van der Waals surface area contributed by atoms with Crippen LogP contribution < -0.4 is 5.32 Å². The molecule has 1 aromatic heterocycles. The van der Waals surface area contributed by atoms with Gasteiger partial charge in [-0.15, -0.1) is 22.9 Å². The highest BCUT2D eigenvalue weighted by Crippen LogP contribution is 2.16. The molecule has 0 aliphatic heterocycles. The number of rotatable bonds is 7. The standard InChI is InChI=1S/C15H14ClN3O4S/c1-22-19-13(14-18-11(9-24-14)17-12(20)7-16)15(21)23-8-10-5-3-2-4-6-10/h2-6,9H,7-8H2,1H3,(H,17,20). The van der Waals surface area contributed by atoms with E-state index in [-0.39, 0.29) is 29.0 Å². The number of hydrogen-bond acceptors (Lipinski definition) is 7. The molecule has 0 saturated heterocycles. The topological polar surface area (TPSA) is 89.9 Å². The molecule has 0 fully saturated rings. The highest BCUT2D eigenvalue weighted by molar-refractivity contribution is 7.13. The molecule has 0 aliphatic rings. The van der Waals surface area contributed by atoms with E-state index in [1.165, 1.54) is 7.11 Å². The fourth-order valence-electron chi connectivity index (χ4n) is 1.66. The Kier molecular flexibility index (Phi) is 6.71. The van der Waals surface area contributed by atoms with Gasteiger partial charge in [0.1, 0.15) is 25.4 Å². The minimum absolute atomic E-state index is 0.0789. The second kappa shape index (κ2) is 8.99. The Morgan fingerprint density at radius 1 is 1.33 bits per heavy atom. The Hall–Kier alpha value is -2.45. The van der Waals surface area contributed by atoms with Gasteiger partial charge in [0.15, 0.2) is 5.01 Å². The van der Waals surface area contributed by atoms with Gasteiger partial charge in [-0.25, -0.2) is 9.78 Å². The number of amides is 1. The van der Waals surface area contributed by atoms with Crippen LogP contribution in [0.5, 0.6) is 0 Å². The van der Waals surface area contributed by atoms with Crippen molar-refractivity contribution in [3.05, 3.63) is 46.3 Å². The zero-order valence-electron chi connectivity index (χ0n) is 12.7.